The number of hydrogen-bond acceptors (Lipinski definition) is 6. The quantitative estimate of drug-likeness (QED) is 0.665. The Bertz CT molecular complexity index is 985. The van der Waals surface area contributed by atoms with E-state index < -0.39 is 0 Å². The van der Waals surface area contributed by atoms with Gasteiger partial charge in [-0.05, 0) is 38.1 Å². The number of thioether (sulfide) groups is 1. The molecule has 2 amide bonds. The van der Waals surface area contributed by atoms with E-state index >= 15 is 0 Å². The monoisotopic (exact) mass is 370 g/mol. The lowest BCUT2D eigenvalue weighted by Crippen LogP contribution is -2.19. The third-order valence-electron chi connectivity index (χ3n) is 3.57. The summed E-state index contributed by atoms with van der Waals surface area (Å²) >= 11 is 1.23. The Morgan fingerprint density at radius 3 is 2.77 bits per heavy atom. The van der Waals surface area contributed by atoms with E-state index in [0.717, 1.165) is 11.4 Å². The zero-order chi connectivity index (χ0) is 18.7. The van der Waals surface area contributed by atoms with Crippen LogP contribution in [0.4, 0.5) is 5.69 Å². The molecule has 2 heterocycles. The van der Waals surface area contributed by atoms with Gasteiger partial charge in [0.15, 0.2) is 0 Å². The lowest BCUT2D eigenvalue weighted by molar-refractivity contribution is -0.113. The van der Waals surface area contributed by atoms with Crippen molar-refractivity contribution in [3.8, 4) is 0 Å². The second-order valence-corrected chi connectivity index (χ2v) is 6.58. The molecular formula is C17H18N6O2S. The second-order valence-electron chi connectivity index (χ2n) is 5.64. The highest BCUT2D eigenvalue weighted by Gasteiger charge is 2.11. The number of nitrogens with zero attached hydrogens (tertiary/aromatic N) is 4. The van der Waals surface area contributed by atoms with Gasteiger partial charge in [-0.1, -0.05) is 17.8 Å². The summed E-state index contributed by atoms with van der Waals surface area (Å²) in [6.07, 6.45) is 0. The molecule has 0 bridgehead atoms. The average Bonchev–Trinajstić information content (AvgIpc) is 3.03. The maximum atomic E-state index is 12.2. The van der Waals surface area contributed by atoms with E-state index in [1.54, 1.807) is 35.8 Å². The second kappa shape index (κ2) is 7.52. The van der Waals surface area contributed by atoms with Gasteiger partial charge in [-0.25, -0.2) is 9.50 Å². The molecule has 134 valence electrons. The van der Waals surface area contributed by atoms with Crippen LogP contribution < -0.4 is 10.6 Å². The first-order valence-corrected chi connectivity index (χ1v) is 8.90. The van der Waals surface area contributed by atoms with Crippen LogP contribution in [0.2, 0.25) is 0 Å². The number of amides is 2. The molecule has 3 rings (SSSR count). The van der Waals surface area contributed by atoms with Gasteiger partial charge in [0.25, 0.3) is 11.7 Å². The van der Waals surface area contributed by atoms with Gasteiger partial charge in [0.2, 0.25) is 11.1 Å². The molecule has 0 saturated heterocycles. The molecule has 0 atom stereocenters. The number of anilines is 1. The Hall–Kier alpha value is -2.94. The Balaban J connectivity index is 1.64. The number of hydrogen-bond donors (Lipinski definition) is 2. The summed E-state index contributed by atoms with van der Waals surface area (Å²) < 4.78 is 1.65. The number of aromatic nitrogens is 4. The van der Waals surface area contributed by atoms with E-state index in [1.165, 1.54) is 11.8 Å². The first-order chi connectivity index (χ1) is 12.5. The van der Waals surface area contributed by atoms with Crippen molar-refractivity contribution in [1.29, 1.82) is 0 Å². The SMILES string of the molecule is CNC(=O)c1cccc(NC(=O)CSc2nc3nc(C)cc(C)n3n2)c1. The predicted octanol–water partition coefficient (Wildman–Crippen LogP) is 1.83. The standard InChI is InChI=1S/C17H18N6O2S/c1-10-7-11(2)23-16(19-10)21-17(22-23)26-9-14(24)20-13-6-4-5-12(8-13)15(25)18-3/h4-8H,9H2,1-3H3,(H,18,25)(H,20,24). The first kappa shape index (κ1) is 17.9. The zero-order valence-electron chi connectivity index (χ0n) is 14.6. The van der Waals surface area contributed by atoms with E-state index in [0.29, 0.717) is 22.2 Å². The molecule has 0 aliphatic heterocycles. The molecule has 0 fully saturated rings. The third kappa shape index (κ3) is 3.99. The van der Waals surface area contributed by atoms with Crippen LogP contribution >= 0.6 is 11.8 Å². The molecule has 0 saturated carbocycles. The van der Waals surface area contributed by atoms with Crippen molar-refractivity contribution < 1.29 is 9.59 Å². The fraction of sp³-hybridized carbons (Fsp3) is 0.235. The van der Waals surface area contributed by atoms with E-state index in [9.17, 15) is 9.59 Å². The van der Waals surface area contributed by atoms with Crippen LogP contribution in [0.15, 0.2) is 35.5 Å². The highest BCUT2D eigenvalue weighted by molar-refractivity contribution is 7.99. The summed E-state index contributed by atoms with van der Waals surface area (Å²) in [7, 11) is 1.56. The van der Waals surface area contributed by atoms with Crippen LogP contribution in [0.25, 0.3) is 5.78 Å². The van der Waals surface area contributed by atoms with Crippen LogP contribution in [0.5, 0.6) is 0 Å². The van der Waals surface area contributed by atoms with Gasteiger partial charge in [-0.3, -0.25) is 9.59 Å². The van der Waals surface area contributed by atoms with Crippen LogP contribution in [-0.2, 0) is 4.79 Å². The first-order valence-electron chi connectivity index (χ1n) is 7.92. The summed E-state index contributed by atoms with van der Waals surface area (Å²) in [6.45, 7) is 3.83. The molecule has 9 heteroatoms. The fourth-order valence-electron chi connectivity index (χ4n) is 2.42. The van der Waals surface area contributed by atoms with E-state index in [4.69, 9.17) is 0 Å². The third-order valence-corrected chi connectivity index (χ3v) is 4.40. The lowest BCUT2D eigenvalue weighted by Gasteiger charge is -2.06. The summed E-state index contributed by atoms with van der Waals surface area (Å²) in [4.78, 5) is 32.5. The minimum Gasteiger partial charge on any atom is -0.355 e. The van der Waals surface area contributed by atoms with Crippen molar-refractivity contribution in [3.05, 3.63) is 47.3 Å². The molecule has 3 aromatic rings. The van der Waals surface area contributed by atoms with Crippen LogP contribution in [-0.4, -0.2) is 44.2 Å². The Morgan fingerprint density at radius 2 is 2.00 bits per heavy atom. The summed E-state index contributed by atoms with van der Waals surface area (Å²) in [5, 5.41) is 10.2. The van der Waals surface area contributed by atoms with Crippen molar-refractivity contribution in [1.82, 2.24) is 24.9 Å². The largest absolute Gasteiger partial charge is 0.355 e. The van der Waals surface area contributed by atoms with Crippen molar-refractivity contribution in [2.24, 2.45) is 0 Å². The molecule has 0 aliphatic carbocycles. The number of aryl methyl sites for hydroxylation is 2. The zero-order valence-corrected chi connectivity index (χ0v) is 15.4. The number of rotatable bonds is 5. The van der Waals surface area contributed by atoms with E-state index in [2.05, 4.69) is 25.7 Å². The number of fused-ring (bicyclic) bond motifs is 1. The highest BCUT2D eigenvalue weighted by atomic mass is 32.2. The van der Waals surface area contributed by atoms with E-state index in [1.807, 2.05) is 19.9 Å². The lowest BCUT2D eigenvalue weighted by atomic mass is 10.2. The van der Waals surface area contributed by atoms with Gasteiger partial charge in [-0.2, -0.15) is 4.98 Å². The molecule has 0 aliphatic rings. The van der Waals surface area contributed by atoms with Gasteiger partial charge in [0.1, 0.15) is 0 Å². The van der Waals surface area contributed by atoms with Crippen molar-refractivity contribution >= 4 is 35.0 Å². The molecule has 2 N–H and O–H groups in total. The average molecular weight is 370 g/mol. The van der Waals surface area contributed by atoms with Gasteiger partial charge in [-0.15, -0.1) is 5.10 Å². The maximum Gasteiger partial charge on any atom is 0.253 e. The van der Waals surface area contributed by atoms with Crippen LogP contribution in [0.3, 0.4) is 0 Å². The molecule has 0 unspecified atom stereocenters. The molecule has 0 radical (unpaired) electrons. The Kier molecular flexibility index (Phi) is 5.17. The van der Waals surface area contributed by atoms with Crippen molar-refractivity contribution in [2.75, 3.05) is 18.1 Å². The molecule has 0 spiro atoms. The van der Waals surface area contributed by atoms with Gasteiger partial charge in [0, 0.05) is 29.7 Å². The number of carbonyl (C=O) groups excluding carboxylic acids is 2. The molecule has 2 aromatic heterocycles. The summed E-state index contributed by atoms with van der Waals surface area (Å²) in [5.41, 5.74) is 2.85. The topological polar surface area (TPSA) is 101 Å². The highest BCUT2D eigenvalue weighted by Crippen LogP contribution is 2.16. The Labute approximate surface area is 154 Å². The smallest absolute Gasteiger partial charge is 0.253 e. The molecule has 26 heavy (non-hydrogen) atoms. The summed E-state index contributed by atoms with van der Waals surface area (Å²) in [6, 6.07) is 8.67. The minimum absolute atomic E-state index is 0.152. The number of nitrogens with one attached hydrogen (secondary N) is 2. The molecule has 1 aromatic carbocycles. The number of benzene rings is 1. The van der Waals surface area contributed by atoms with Gasteiger partial charge in [0.05, 0.1) is 5.75 Å². The fourth-order valence-corrected chi connectivity index (χ4v) is 3.04. The van der Waals surface area contributed by atoms with Gasteiger partial charge >= 0.3 is 0 Å². The minimum atomic E-state index is -0.206. The van der Waals surface area contributed by atoms with Gasteiger partial charge < -0.3 is 10.6 Å². The maximum absolute atomic E-state index is 12.2. The van der Waals surface area contributed by atoms with Crippen LogP contribution in [0.1, 0.15) is 21.7 Å². The normalized spacial score (nSPS) is 10.7. The Morgan fingerprint density at radius 1 is 1.19 bits per heavy atom. The van der Waals surface area contributed by atoms with Crippen LogP contribution in [0, 0.1) is 13.8 Å². The predicted molar refractivity (Wildman–Crippen MR) is 99.4 cm³/mol. The van der Waals surface area contributed by atoms with Crippen molar-refractivity contribution in [3.63, 3.8) is 0 Å². The molecular weight excluding hydrogens is 352 g/mol. The van der Waals surface area contributed by atoms with E-state index in [-0.39, 0.29) is 17.6 Å². The summed E-state index contributed by atoms with van der Waals surface area (Å²) in [5.74, 6) is 0.258. The van der Waals surface area contributed by atoms with Crippen molar-refractivity contribution in [2.45, 2.75) is 19.0 Å². The molecule has 8 nitrogen and oxygen atoms in total. The number of carbonyl (C=O) groups is 2.